The van der Waals surface area contributed by atoms with Crippen LogP contribution in [0.25, 0.3) is 0 Å². The molecule has 0 heterocycles. The van der Waals surface area contributed by atoms with Crippen molar-refractivity contribution in [1.29, 1.82) is 0 Å². The Kier molecular flexibility index (Phi) is 5.36. The van der Waals surface area contributed by atoms with E-state index in [0.717, 1.165) is 25.7 Å². The highest BCUT2D eigenvalue weighted by Crippen LogP contribution is 2.29. The average molecular weight is 355 g/mol. The maximum absolute atomic E-state index is 12.2. The summed E-state index contributed by atoms with van der Waals surface area (Å²) in [7, 11) is 0. The van der Waals surface area contributed by atoms with E-state index in [4.69, 9.17) is 10.8 Å². The van der Waals surface area contributed by atoms with Crippen molar-refractivity contribution in [2.75, 3.05) is 11.9 Å². The second-order valence-corrected chi connectivity index (χ2v) is 6.30. The summed E-state index contributed by atoms with van der Waals surface area (Å²) in [5.41, 5.74) is 6.30. The molecule has 0 unspecified atom stereocenters. The number of hydrogen-bond acceptors (Lipinski definition) is 3. The normalized spacial score (nSPS) is 21.8. The number of benzene rings is 1. The molecule has 1 saturated carbocycles. The van der Waals surface area contributed by atoms with E-state index in [2.05, 4.69) is 21.2 Å². The van der Waals surface area contributed by atoms with E-state index in [-0.39, 0.29) is 17.4 Å². The summed E-state index contributed by atoms with van der Waals surface area (Å²) in [4.78, 5) is 23.3. The molecule has 1 amide bonds. The largest absolute Gasteiger partial charge is 0.478 e. The number of rotatable bonds is 4. The highest BCUT2D eigenvalue weighted by Gasteiger charge is 2.25. The van der Waals surface area contributed by atoms with Gasteiger partial charge in [0.25, 0.3) is 0 Å². The van der Waals surface area contributed by atoms with E-state index in [1.165, 1.54) is 6.07 Å². The maximum atomic E-state index is 12.2. The van der Waals surface area contributed by atoms with Gasteiger partial charge in [-0.15, -0.1) is 0 Å². The van der Waals surface area contributed by atoms with Crippen LogP contribution in [0.4, 0.5) is 5.69 Å². The van der Waals surface area contributed by atoms with Crippen molar-refractivity contribution in [3.63, 3.8) is 0 Å². The number of halogens is 1. The van der Waals surface area contributed by atoms with Crippen LogP contribution in [-0.2, 0) is 4.79 Å². The van der Waals surface area contributed by atoms with E-state index in [1.54, 1.807) is 12.1 Å². The number of anilines is 1. The summed E-state index contributed by atoms with van der Waals surface area (Å²) in [6, 6.07) is 4.79. The van der Waals surface area contributed by atoms with Crippen molar-refractivity contribution in [2.24, 2.45) is 17.6 Å². The number of nitrogens with one attached hydrogen (secondary N) is 1. The minimum Gasteiger partial charge on any atom is -0.478 e. The molecule has 0 radical (unpaired) electrons. The molecule has 0 bridgehead atoms. The van der Waals surface area contributed by atoms with Gasteiger partial charge < -0.3 is 16.2 Å². The summed E-state index contributed by atoms with van der Waals surface area (Å²) in [6.07, 6.45) is 3.65. The number of hydrogen-bond donors (Lipinski definition) is 3. The van der Waals surface area contributed by atoms with Gasteiger partial charge in [0.05, 0.1) is 5.56 Å². The number of carboxylic acid groups (broad SMARTS) is 1. The molecular weight excluding hydrogens is 336 g/mol. The van der Waals surface area contributed by atoms with Crippen molar-refractivity contribution in [3.05, 3.63) is 28.2 Å². The number of amides is 1. The molecule has 0 atom stereocenters. The van der Waals surface area contributed by atoms with Crippen LogP contribution in [0.15, 0.2) is 22.7 Å². The van der Waals surface area contributed by atoms with Crippen molar-refractivity contribution in [1.82, 2.24) is 0 Å². The zero-order valence-electron chi connectivity index (χ0n) is 11.6. The Morgan fingerprint density at radius 3 is 2.52 bits per heavy atom. The Balaban J connectivity index is 2.00. The van der Waals surface area contributed by atoms with Crippen LogP contribution in [-0.4, -0.2) is 23.5 Å². The lowest BCUT2D eigenvalue weighted by molar-refractivity contribution is -0.121. The molecule has 4 N–H and O–H groups in total. The van der Waals surface area contributed by atoms with Gasteiger partial charge in [-0.25, -0.2) is 4.79 Å². The van der Waals surface area contributed by atoms with E-state index in [9.17, 15) is 9.59 Å². The van der Waals surface area contributed by atoms with Crippen molar-refractivity contribution < 1.29 is 14.7 Å². The average Bonchev–Trinajstić information content (AvgIpc) is 2.49. The van der Waals surface area contributed by atoms with Gasteiger partial charge in [-0.05, 0) is 72.3 Å². The first-order chi connectivity index (χ1) is 10.0. The summed E-state index contributed by atoms with van der Waals surface area (Å²) in [6.45, 7) is 0.684. The molecule has 0 saturated heterocycles. The lowest BCUT2D eigenvalue weighted by Crippen LogP contribution is -2.29. The fourth-order valence-electron chi connectivity index (χ4n) is 2.67. The van der Waals surface area contributed by atoms with Gasteiger partial charge in [-0.3, -0.25) is 4.79 Å². The molecule has 0 aliphatic heterocycles. The van der Waals surface area contributed by atoms with E-state index in [0.29, 0.717) is 22.6 Å². The molecule has 1 aliphatic carbocycles. The molecule has 1 aromatic carbocycles. The highest BCUT2D eigenvalue weighted by atomic mass is 79.9. The smallest absolute Gasteiger partial charge is 0.336 e. The van der Waals surface area contributed by atoms with Gasteiger partial charge >= 0.3 is 5.97 Å². The summed E-state index contributed by atoms with van der Waals surface area (Å²) < 4.78 is 0.497. The SMILES string of the molecule is NCC1CCC(C(=O)Nc2ccc(Br)c(C(=O)O)c2)CC1. The number of carbonyl (C=O) groups excluding carboxylic acids is 1. The molecule has 114 valence electrons. The molecular formula is C15H19BrN2O3. The standard InChI is InChI=1S/C15H19BrN2O3/c16-13-6-5-11(7-12(13)15(20)21)18-14(19)10-3-1-9(8-17)2-4-10/h5-7,9-10H,1-4,8,17H2,(H,18,19)(H,20,21). The molecule has 21 heavy (non-hydrogen) atoms. The summed E-state index contributed by atoms with van der Waals surface area (Å²) in [5.74, 6) is -0.546. The topological polar surface area (TPSA) is 92.4 Å². The number of aromatic carboxylic acids is 1. The molecule has 6 heteroatoms. The summed E-state index contributed by atoms with van der Waals surface area (Å²) >= 11 is 3.18. The maximum Gasteiger partial charge on any atom is 0.336 e. The Hall–Kier alpha value is -1.40. The Labute approximate surface area is 132 Å². The van der Waals surface area contributed by atoms with Gasteiger partial charge in [0, 0.05) is 16.1 Å². The van der Waals surface area contributed by atoms with E-state index >= 15 is 0 Å². The molecule has 5 nitrogen and oxygen atoms in total. The van der Waals surface area contributed by atoms with Gasteiger partial charge in [0.1, 0.15) is 0 Å². The second kappa shape index (κ2) is 7.04. The van der Waals surface area contributed by atoms with Gasteiger partial charge in [0.15, 0.2) is 0 Å². The molecule has 2 rings (SSSR count). The fraction of sp³-hybridized carbons (Fsp3) is 0.467. The zero-order valence-corrected chi connectivity index (χ0v) is 13.2. The van der Waals surface area contributed by atoms with Gasteiger partial charge in [-0.2, -0.15) is 0 Å². The molecule has 0 aromatic heterocycles. The Morgan fingerprint density at radius 2 is 1.95 bits per heavy atom. The molecule has 1 aromatic rings. The van der Waals surface area contributed by atoms with Crippen LogP contribution < -0.4 is 11.1 Å². The lowest BCUT2D eigenvalue weighted by Gasteiger charge is -2.26. The number of carbonyl (C=O) groups is 2. The minimum absolute atomic E-state index is 0.00951. The number of nitrogens with two attached hydrogens (primary N) is 1. The minimum atomic E-state index is -1.03. The van der Waals surface area contributed by atoms with Crippen molar-refractivity contribution in [3.8, 4) is 0 Å². The van der Waals surface area contributed by atoms with Crippen LogP contribution in [0.2, 0.25) is 0 Å². The third kappa shape index (κ3) is 4.04. The Morgan fingerprint density at radius 1 is 1.29 bits per heavy atom. The van der Waals surface area contributed by atoms with Crippen molar-refractivity contribution in [2.45, 2.75) is 25.7 Å². The summed E-state index contributed by atoms with van der Waals surface area (Å²) in [5, 5.41) is 11.9. The first kappa shape index (κ1) is 16.0. The van der Waals surface area contributed by atoms with Crippen LogP contribution >= 0.6 is 15.9 Å². The fourth-order valence-corrected chi connectivity index (χ4v) is 3.09. The monoisotopic (exact) mass is 354 g/mol. The predicted molar refractivity (Wildman–Crippen MR) is 84.2 cm³/mol. The predicted octanol–water partition coefficient (Wildman–Crippen LogP) is 2.85. The van der Waals surface area contributed by atoms with Gasteiger partial charge in [0.2, 0.25) is 5.91 Å². The second-order valence-electron chi connectivity index (χ2n) is 5.44. The third-order valence-electron chi connectivity index (χ3n) is 4.02. The van der Waals surface area contributed by atoms with Crippen LogP contribution in [0.3, 0.4) is 0 Å². The van der Waals surface area contributed by atoms with Crippen molar-refractivity contribution >= 4 is 33.5 Å². The van der Waals surface area contributed by atoms with Crippen LogP contribution in [0.5, 0.6) is 0 Å². The molecule has 1 aliphatic rings. The first-order valence-corrected chi connectivity index (χ1v) is 7.84. The number of carboxylic acids is 1. The lowest BCUT2D eigenvalue weighted by atomic mass is 9.81. The molecule has 1 fully saturated rings. The van der Waals surface area contributed by atoms with E-state index < -0.39 is 5.97 Å². The molecule has 0 spiro atoms. The highest BCUT2D eigenvalue weighted by molar-refractivity contribution is 9.10. The van der Waals surface area contributed by atoms with Gasteiger partial charge in [-0.1, -0.05) is 0 Å². The van der Waals surface area contributed by atoms with Crippen LogP contribution in [0, 0.1) is 11.8 Å². The first-order valence-electron chi connectivity index (χ1n) is 7.05. The quantitative estimate of drug-likeness (QED) is 0.774. The third-order valence-corrected chi connectivity index (χ3v) is 4.71. The Bertz CT molecular complexity index is 540. The zero-order chi connectivity index (χ0) is 15.4. The van der Waals surface area contributed by atoms with Crippen LogP contribution in [0.1, 0.15) is 36.0 Å². The van der Waals surface area contributed by atoms with E-state index in [1.807, 2.05) is 0 Å².